The fraction of sp³-hybridized carbons (Fsp3) is 0.190. The number of imide groups is 1. The molecule has 9 heteroatoms. The number of hydrogen-bond acceptors (Lipinski definition) is 5. The van der Waals surface area contributed by atoms with E-state index in [2.05, 4.69) is 5.32 Å². The van der Waals surface area contributed by atoms with Crippen LogP contribution in [0.3, 0.4) is 0 Å². The van der Waals surface area contributed by atoms with Crippen LogP contribution in [-0.4, -0.2) is 34.6 Å². The summed E-state index contributed by atoms with van der Waals surface area (Å²) < 4.78 is 32.2. The van der Waals surface area contributed by atoms with Gasteiger partial charge in [0.1, 0.15) is 23.9 Å². The van der Waals surface area contributed by atoms with Gasteiger partial charge in [-0.25, -0.2) is 8.78 Å². The number of carbonyl (C=O) groups is 3. The van der Waals surface area contributed by atoms with Crippen LogP contribution in [0.4, 0.5) is 19.3 Å². The van der Waals surface area contributed by atoms with Crippen molar-refractivity contribution in [1.82, 2.24) is 4.90 Å². The van der Waals surface area contributed by atoms with Crippen molar-refractivity contribution in [1.29, 1.82) is 0 Å². The lowest BCUT2D eigenvalue weighted by Gasteiger charge is -2.12. The average Bonchev–Trinajstić information content (AvgIpc) is 2.92. The molecular weight excluding hydrogens is 414 g/mol. The Morgan fingerprint density at radius 2 is 1.87 bits per heavy atom. The summed E-state index contributed by atoms with van der Waals surface area (Å²) in [4.78, 5) is 37.7. The fourth-order valence-electron chi connectivity index (χ4n) is 2.63. The highest BCUT2D eigenvalue weighted by Crippen LogP contribution is 2.32. The monoisotopic (exact) mass is 432 g/mol. The van der Waals surface area contributed by atoms with E-state index in [4.69, 9.17) is 4.74 Å². The molecule has 2 aromatic carbocycles. The summed E-state index contributed by atoms with van der Waals surface area (Å²) in [5.41, 5.74) is 0.446. The molecule has 30 heavy (non-hydrogen) atoms. The molecule has 3 amide bonds. The van der Waals surface area contributed by atoms with Gasteiger partial charge in [-0.1, -0.05) is 12.1 Å². The summed E-state index contributed by atoms with van der Waals surface area (Å²) in [7, 11) is 0. The van der Waals surface area contributed by atoms with E-state index >= 15 is 0 Å². The van der Waals surface area contributed by atoms with Crippen LogP contribution in [0, 0.1) is 11.6 Å². The van der Waals surface area contributed by atoms with Gasteiger partial charge in [0.25, 0.3) is 11.1 Å². The van der Waals surface area contributed by atoms with E-state index in [-0.39, 0.29) is 16.7 Å². The van der Waals surface area contributed by atoms with Gasteiger partial charge in [-0.2, -0.15) is 0 Å². The highest BCUT2D eigenvalue weighted by atomic mass is 32.2. The van der Waals surface area contributed by atoms with Crippen LogP contribution < -0.4 is 10.1 Å². The van der Waals surface area contributed by atoms with Crippen molar-refractivity contribution in [3.8, 4) is 5.75 Å². The second-order valence-electron chi connectivity index (χ2n) is 6.68. The molecule has 0 atom stereocenters. The first kappa shape index (κ1) is 21.5. The van der Waals surface area contributed by atoms with E-state index in [0.717, 1.165) is 17.0 Å². The molecule has 0 spiro atoms. The van der Waals surface area contributed by atoms with E-state index < -0.39 is 35.2 Å². The topological polar surface area (TPSA) is 75.7 Å². The summed E-state index contributed by atoms with van der Waals surface area (Å²) in [6.45, 7) is 3.23. The molecule has 3 rings (SSSR count). The average molecular weight is 432 g/mol. The minimum Gasteiger partial charge on any atom is -0.491 e. The third kappa shape index (κ3) is 5.24. The van der Waals surface area contributed by atoms with E-state index in [0.29, 0.717) is 29.1 Å². The molecule has 156 valence electrons. The predicted molar refractivity (Wildman–Crippen MR) is 110 cm³/mol. The summed E-state index contributed by atoms with van der Waals surface area (Å²) in [5, 5.41) is 1.61. The number of nitrogens with zero attached hydrogens (tertiary/aromatic N) is 1. The van der Waals surface area contributed by atoms with Crippen LogP contribution in [0.2, 0.25) is 0 Å². The lowest BCUT2D eigenvalue weighted by molar-refractivity contribution is -0.127. The molecule has 0 aromatic heterocycles. The number of benzene rings is 2. The summed E-state index contributed by atoms with van der Waals surface area (Å²) in [5.74, 6) is -2.46. The Labute approximate surface area is 175 Å². The fourth-order valence-corrected chi connectivity index (χ4v) is 3.46. The Hall–Kier alpha value is -3.20. The third-order valence-electron chi connectivity index (χ3n) is 3.93. The van der Waals surface area contributed by atoms with Crippen LogP contribution in [0.1, 0.15) is 19.4 Å². The van der Waals surface area contributed by atoms with Gasteiger partial charge in [0, 0.05) is 6.07 Å². The maximum Gasteiger partial charge on any atom is 0.294 e. The van der Waals surface area contributed by atoms with Gasteiger partial charge >= 0.3 is 0 Å². The Bertz CT molecular complexity index is 1020. The van der Waals surface area contributed by atoms with Gasteiger partial charge in [0.15, 0.2) is 0 Å². The van der Waals surface area contributed by atoms with Crippen molar-refractivity contribution >= 4 is 40.6 Å². The number of amides is 3. The van der Waals surface area contributed by atoms with E-state index in [9.17, 15) is 23.2 Å². The lowest BCUT2D eigenvalue weighted by atomic mass is 10.2. The molecule has 6 nitrogen and oxygen atoms in total. The maximum atomic E-state index is 13.7. The van der Waals surface area contributed by atoms with Crippen molar-refractivity contribution in [2.45, 2.75) is 20.0 Å². The summed E-state index contributed by atoms with van der Waals surface area (Å²) in [6, 6.07) is 9.66. The molecule has 1 aliphatic heterocycles. The van der Waals surface area contributed by atoms with Crippen LogP contribution >= 0.6 is 11.8 Å². The molecule has 0 unspecified atom stereocenters. The van der Waals surface area contributed by atoms with Crippen molar-refractivity contribution in [2.24, 2.45) is 0 Å². The smallest absolute Gasteiger partial charge is 0.294 e. The van der Waals surface area contributed by atoms with E-state index in [1.165, 1.54) is 0 Å². The number of rotatable bonds is 6. The number of nitrogens with one attached hydrogen (secondary N) is 1. The zero-order valence-electron chi connectivity index (χ0n) is 16.1. The van der Waals surface area contributed by atoms with Crippen LogP contribution in [0.15, 0.2) is 47.4 Å². The van der Waals surface area contributed by atoms with Crippen LogP contribution in [0.5, 0.6) is 5.75 Å². The highest BCUT2D eigenvalue weighted by molar-refractivity contribution is 8.18. The predicted octanol–water partition coefficient (Wildman–Crippen LogP) is 4.43. The Balaban J connectivity index is 1.66. The molecule has 2 aromatic rings. The molecule has 1 N–H and O–H groups in total. The van der Waals surface area contributed by atoms with Crippen molar-refractivity contribution in [2.75, 3.05) is 11.9 Å². The maximum absolute atomic E-state index is 13.7. The highest BCUT2D eigenvalue weighted by Gasteiger charge is 2.36. The van der Waals surface area contributed by atoms with E-state index in [1.807, 2.05) is 13.8 Å². The second kappa shape index (κ2) is 9.08. The van der Waals surface area contributed by atoms with Gasteiger partial charge in [-0.15, -0.1) is 0 Å². The molecular formula is C21H18F2N2O4S. The quantitative estimate of drug-likeness (QED) is 0.684. The molecule has 1 heterocycles. The van der Waals surface area contributed by atoms with Crippen LogP contribution in [-0.2, 0) is 9.59 Å². The number of thioether (sulfide) groups is 1. The van der Waals surface area contributed by atoms with Gasteiger partial charge in [0.2, 0.25) is 5.91 Å². The Morgan fingerprint density at radius 1 is 1.17 bits per heavy atom. The minimum absolute atomic E-state index is 0.0295. The van der Waals surface area contributed by atoms with E-state index in [1.54, 1.807) is 30.3 Å². The first-order chi connectivity index (χ1) is 14.2. The zero-order chi connectivity index (χ0) is 21.8. The number of hydrogen-bond donors (Lipinski definition) is 1. The van der Waals surface area contributed by atoms with Gasteiger partial charge < -0.3 is 10.1 Å². The standard InChI is InChI=1S/C21H18F2N2O4S/c1-12(2)29-15-6-3-13(4-7-15)9-18-20(27)25(21(28)30-18)11-19(26)24-17-8-5-14(22)10-16(17)23/h3-10,12H,11H2,1-2H3,(H,24,26)/b18-9-. The minimum atomic E-state index is -0.956. The molecule has 0 radical (unpaired) electrons. The number of halogens is 2. The van der Waals surface area contributed by atoms with Crippen molar-refractivity contribution in [3.63, 3.8) is 0 Å². The Morgan fingerprint density at radius 3 is 2.50 bits per heavy atom. The molecule has 1 aliphatic rings. The van der Waals surface area contributed by atoms with Crippen molar-refractivity contribution < 1.29 is 27.9 Å². The largest absolute Gasteiger partial charge is 0.491 e. The summed E-state index contributed by atoms with van der Waals surface area (Å²) >= 11 is 0.709. The SMILES string of the molecule is CC(C)Oc1ccc(/C=C2\SC(=O)N(CC(=O)Nc3ccc(F)cc3F)C2=O)cc1. The zero-order valence-corrected chi connectivity index (χ0v) is 17.0. The van der Waals surface area contributed by atoms with Gasteiger partial charge in [-0.05, 0) is 61.5 Å². The Kier molecular flexibility index (Phi) is 6.51. The van der Waals surface area contributed by atoms with Gasteiger partial charge in [-0.3, -0.25) is 19.3 Å². The molecule has 1 saturated heterocycles. The second-order valence-corrected chi connectivity index (χ2v) is 7.67. The van der Waals surface area contributed by atoms with Crippen LogP contribution in [0.25, 0.3) is 6.08 Å². The molecule has 1 fully saturated rings. The number of anilines is 1. The molecule has 0 aliphatic carbocycles. The lowest BCUT2D eigenvalue weighted by Crippen LogP contribution is -2.36. The first-order valence-corrected chi connectivity index (χ1v) is 9.81. The number of carbonyl (C=O) groups excluding carboxylic acids is 3. The molecule has 0 bridgehead atoms. The first-order valence-electron chi connectivity index (χ1n) is 9.00. The normalized spacial score (nSPS) is 15.2. The third-order valence-corrected chi connectivity index (χ3v) is 4.84. The summed E-state index contributed by atoms with van der Waals surface area (Å²) in [6.07, 6.45) is 1.57. The number of ether oxygens (including phenoxy) is 1. The molecule has 0 saturated carbocycles. The van der Waals surface area contributed by atoms with Gasteiger partial charge in [0.05, 0.1) is 16.7 Å². The van der Waals surface area contributed by atoms with Crippen molar-refractivity contribution in [3.05, 3.63) is 64.6 Å².